The van der Waals surface area contributed by atoms with Crippen LogP contribution in [0.3, 0.4) is 0 Å². The smallest absolute Gasteiger partial charge is 0.186 e. The van der Waals surface area contributed by atoms with Gasteiger partial charge >= 0.3 is 0 Å². The van der Waals surface area contributed by atoms with Crippen LogP contribution in [0.4, 0.5) is 0 Å². The van der Waals surface area contributed by atoms with E-state index in [0.29, 0.717) is 21.6 Å². The van der Waals surface area contributed by atoms with Gasteiger partial charge in [-0.05, 0) is 50.7 Å². The number of hydrogen-bond acceptors (Lipinski definition) is 4. The summed E-state index contributed by atoms with van der Waals surface area (Å²) in [6.45, 7) is 6.55. The number of rotatable bonds is 6. The lowest BCUT2D eigenvalue weighted by Crippen LogP contribution is -2.31. The van der Waals surface area contributed by atoms with Crippen LogP contribution in [0.5, 0.6) is 11.5 Å². The molecule has 2 N–H and O–H groups in total. The van der Waals surface area contributed by atoms with E-state index in [1.54, 1.807) is 25.5 Å². The highest BCUT2D eigenvalue weighted by atomic mass is 35.5. The fraction of sp³-hybridized carbons (Fsp3) is 0.429. The van der Waals surface area contributed by atoms with Crippen LogP contribution in [0, 0.1) is 0 Å². The fourth-order valence-electron chi connectivity index (χ4n) is 1.53. The van der Waals surface area contributed by atoms with Gasteiger partial charge in [-0.25, -0.2) is 0 Å². The molecule has 0 fully saturated rings. The molecule has 0 radical (unpaired) electrons. The molecule has 0 unspecified atom stereocenters. The monoisotopic (exact) mass is 329 g/mol. The van der Waals surface area contributed by atoms with E-state index >= 15 is 0 Å². The number of ether oxygens (including phenoxy) is 2. The molecule has 0 aliphatic heterocycles. The number of benzene rings is 1. The number of halogens is 1. The Labute approximate surface area is 135 Å². The van der Waals surface area contributed by atoms with Crippen molar-refractivity contribution in [3.63, 3.8) is 0 Å². The van der Waals surface area contributed by atoms with Crippen LogP contribution < -0.4 is 20.2 Å². The summed E-state index contributed by atoms with van der Waals surface area (Å²) in [5.74, 6) is 1.09. The minimum Gasteiger partial charge on any atom is -0.493 e. The highest BCUT2D eigenvalue weighted by molar-refractivity contribution is 7.80. The number of nitrogens with zero attached hydrogens (tertiary/aromatic N) is 1. The van der Waals surface area contributed by atoms with Crippen molar-refractivity contribution >= 4 is 35.1 Å². The maximum absolute atomic E-state index is 6.22. The maximum atomic E-state index is 6.22. The second kappa shape index (κ2) is 8.69. The number of hydrazone groups is 1. The molecule has 0 spiro atoms. The molecule has 5 nitrogen and oxygen atoms in total. The van der Waals surface area contributed by atoms with Gasteiger partial charge in [0.05, 0.1) is 24.5 Å². The molecular formula is C14H20ClN3O2S. The van der Waals surface area contributed by atoms with Gasteiger partial charge in [-0.15, -0.1) is 0 Å². The normalized spacial score (nSPS) is 10.8. The summed E-state index contributed by atoms with van der Waals surface area (Å²) in [5.41, 5.74) is 3.49. The topological polar surface area (TPSA) is 54.9 Å². The summed E-state index contributed by atoms with van der Waals surface area (Å²) in [5, 5.41) is 7.90. The third-order valence-corrected chi connectivity index (χ3v) is 2.84. The first kappa shape index (κ1) is 17.5. The highest BCUT2D eigenvalue weighted by Crippen LogP contribution is 2.36. The standard InChI is InChI=1S/C14H20ClN3O2S/c1-5-16-14(21)18-17-8-10-6-11(15)13(20-9(2)3)12(7-10)19-4/h6-9H,5H2,1-4H3,(H2,16,18,21). The van der Waals surface area contributed by atoms with Gasteiger partial charge < -0.3 is 14.8 Å². The molecule has 7 heteroatoms. The minimum atomic E-state index is 0.00933. The molecular weight excluding hydrogens is 310 g/mol. The Hall–Kier alpha value is -1.53. The second-order valence-electron chi connectivity index (χ2n) is 4.43. The summed E-state index contributed by atoms with van der Waals surface area (Å²) in [4.78, 5) is 0. The van der Waals surface area contributed by atoms with Gasteiger partial charge in [0.25, 0.3) is 0 Å². The van der Waals surface area contributed by atoms with Gasteiger partial charge in [0, 0.05) is 6.54 Å². The van der Waals surface area contributed by atoms with Crippen LogP contribution >= 0.6 is 23.8 Å². The molecule has 0 bridgehead atoms. The quantitative estimate of drug-likeness (QED) is 0.477. The lowest BCUT2D eigenvalue weighted by Gasteiger charge is -2.15. The lowest BCUT2D eigenvalue weighted by atomic mass is 10.2. The summed E-state index contributed by atoms with van der Waals surface area (Å²) >= 11 is 11.2. The first-order valence-corrected chi connectivity index (χ1v) is 7.37. The maximum Gasteiger partial charge on any atom is 0.186 e. The van der Waals surface area contributed by atoms with Gasteiger partial charge in [0.1, 0.15) is 0 Å². The molecule has 0 amide bonds. The second-order valence-corrected chi connectivity index (χ2v) is 5.25. The Morgan fingerprint density at radius 1 is 1.48 bits per heavy atom. The summed E-state index contributed by atoms with van der Waals surface area (Å²) in [6, 6.07) is 3.55. The zero-order valence-electron chi connectivity index (χ0n) is 12.6. The van der Waals surface area contributed by atoms with Crippen LogP contribution in [-0.4, -0.2) is 31.1 Å². The SMILES string of the molecule is CCNC(=S)NN=Cc1cc(Cl)c(OC(C)C)c(OC)c1. The largest absolute Gasteiger partial charge is 0.493 e. The molecule has 0 saturated carbocycles. The van der Waals surface area contributed by atoms with E-state index < -0.39 is 0 Å². The predicted molar refractivity (Wildman–Crippen MR) is 90.8 cm³/mol. The number of hydrogen-bond donors (Lipinski definition) is 2. The first-order valence-electron chi connectivity index (χ1n) is 6.59. The molecule has 1 aromatic carbocycles. The van der Waals surface area contributed by atoms with E-state index in [1.807, 2.05) is 20.8 Å². The van der Waals surface area contributed by atoms with Crippen LogP contribution in [0.1, 0.15) is 26.3 Å². The molecule has 0 heterocycles. The Bertz CT molecular complexity index is 521. The Balaban J connectivity index is 2.88. The molecule has 1 aromatic rings. The van der Waals surface area contributed by atoms with Crippen molar-refractivity contribution < 1.29 is 9.47 Å². The van der Waals surface area contributed by atoms with Gasteiger partial charge in [-0.2, -0.15) is 5.10 Å². The predicted octanol–water partition coefficient (Wildman–Crippen LogP) is 2.95. The molecule has 0 saturated heterocycles. The van der Waals surface area contributed by atoms with Crippen molar-refractivity contribution in [2.75, 3.05) is 13.7 Å². The lowest BCUT2D eigenvalue weighted by molar-refractivity contribution is 0.230. The van der Waals surface area contributed by atoms with Crippen molar-refractivity contribution in [2.24, 2.45) is 5.10 Å². The molecule has 0 aliphatic carbocycles. The van der Waals surface area contributed by atoms with Gasteiger partial charge in [-0.1, -0.05) is 11.6 Å². The Morgan fingerprint density at radius 2 is 2.19 bits per heavy atom. The molecule has 21 heavy (non-hydrogen) atoms. The summed E-state index contributed by atoms with van der Waals surface area (Å²) in [7, 11) is 1.57. The number of nitrogens with one attached hydrogen (secondary N) is 2. The minimum absolute atomic E-state index is 0.00933. The number of thiocarbonyl (C=S) groups is 1. The molecule has 0 aliphatic rings. The first-order chi connectivity index (χ1) is 9.97. The fourth-order valence-corrected chi connectivity index (χ4v) is 1.99. The average Bonchev–Trinajstić information content (AvgIpc) is 2.41. The van der Waals surface area contributed by atoms with Crippen LogP contribution in [0.2, 0.25) is 5.02 Å². The third kappa shape index (κ3) is 5.77. The molecule has 0 aromatic heterocycles. The highest BCUT2D eigenvalue weighted by Gasteiger charge is 2.12. The van der Waals surface area contributed by atoms with Crippen molar-refractivity contribution in [1.82, 2.24) is 10.7 Å². The Morgan fingerprint density at radius 3 is 2.76 bits per heavy atom. The van der Waals surface area contributed by atoms with Gasteiger partial charge in [0.15, 0.2) is 16.6 Å². The average molecular weight is 330 g/mol. The van der Waals surface area contributed by atoms with Gasteiger partial charge in [0.2, 0.25) is 0 Å². The van der Waals surface area contributed by atoms with Crippen molar-refractivity contribution in [1.29, 1.82) is 0 Å². The molecule has 1 rings (SSSR count). The summed E-state index contributed by atoms with van der Waals surface area (Å²) < 4.78 is 11.0. The van der Waals surface area contributed by atoms with Crippen molar-refractivity contribution in [2.45, 2.75) is 26.9 Å². The van der Waals surface area contributed by atoms with Crippen molar-refractivity contribution in [3.05, 3.63) is 22.7 Å². The van der Waals surface area contributed by atoms with E-state index in [2.05, 4.69) is 15.8 Å². The van der Waals surface area contributed by atoms with Crippen LogP contribution in [0.25, 0.3) is 0 Å². The van der Waals surface area contributed by atoms with Crippen molar-refractivity contribution in [3.8, 4) is 11.5 Å². The zero-order chi connectivity index (χ0) is 15.8. The molecule has 116 valence electrons. The molecule has 0 atom stereocenters. The van der Waals surface area contributed by atoms with Crippen LogP contribution in [-0.2, 0) is 0 Å². The van der Waals surface area contributed by atoms with Crippen LogP contribution in [0.15, 0.2) is 17.2 Å². The summed E-state index contributed by atoms with van der Waals surface area (Å²) in [6.07, 6.45) is 1.62. The van der Waals surface area contributed by atoms with Gasteiger partial charge in [-0.3, -0.25) is 5.43 Å². The van der Waals surface area contributed by atoms with E-state index in [1.165, 1.54) is 0 Å². The van der Waals surface area contributed by atoms with E-state index in [-0.39, 0.29) is 6.10 Å². The number of methoxy groups -OCH3 is 1. The van der Waals surface area contributed by atoms with E-state index in [9.17, 15) is 0 Å². The van der Waals surface area contributed by atoms with E-state index in [4.69, 9.17) is 33.3 Å². The third-order valence-electron chi connectivity index (χ3n) is 2.32. The zero-order valence-corrected chi connectivity index (χ0v) is 14.1. The Kier molecular flexibility index (Phi) is 7.25. The van der Waals surface area contributed by atoms with E-state index in [0.717, 1.165) is 12.1 Å².